The number of amides is 3. The van der Waals surface area contributed by atoms with Gasteiger partial charge in [0.15, 0.2) is 0 Å². The van der Waals surface area contributed by atoms with Crippen LogP contribution in [-0.4, -0.2) is 60.1 Å². The molecule has 1 aliphatic heterocycles. The van der Waals surface area contributed by atoms with E-state index in [0.717, 1.165) is 48.4 Å². The van der Waals surface area contributed by atoms with Gasteiger partial charge in [0.25, 0.3) is 0 Å². The van der Waals surface area contributed by atoms with Crippen molar-refractivity contribution in [1.82, 2.24) is 21.3 Å². The van der Waals surface area contributed by atoms with Crippen molar-refractivity contribution >= 4 is 23.7 Å². The van der Waals surface area contributed by atoms with Gasteiger partial charge in [0.2, 0.25) is 17.7 Å². The minimum atomic E-state index is -1.29. The van der Waals surface area contributed by atoms with Crippen LogP contribution >= 0.6 is 0 Å². The second-order valence-electron chi connectivity index (χ2n) is 9.81. The highest BCUT2D eigenvalue weighted by Crippen LogP contribution is 2.21. The van der Waals surface area contributed by atoms with Gasteiger partial charge < -0.3 is 31.1 Å². The van der Waals surface area contributed by atoms with Gasteiger partial charge in [-0.3, -0.25) is 19.2 Å². The Bertz CT molecular complexity index is 1120. The third-order valence-electron chi connectivity index (χ3n) is 6.63. The molecule has 5 N–H and O–H groups in total. The van der Waals surface area contributed by atoms with Crippen molar-refractivity contribution in [2.24, 2.45) is 0 Å². The maximum Gasteiger partial charge on any atom is 0.305 e. The molecule has 1 heterocycles. The Morgan fingerprint density at radius 1 is 1.00 bits per heavy atom. The first kappa shape index (κ1) is 29.6. The number of benzene rings is 2. The fraction of sp³-hybridized carbons (Fsp3) is 0.448. The van der Waals surface area contributed by atoms with Gasteiger partial charge in [0.1, 0.15) is 23.9 Å². The summed E-state index contributed by atoms with van der Waals surface area (Å²) in [5.74, 6) is -2.16. The maximum atomic E-state index is 13.3. The fourth-order valence-corrected chi connectivity index (χ4v) is 4.45. The average molecular weight is 539 g/mol. The van der Waals surface area contributed by atoms with E-state index in [2.05, 4.69) is 21.3 Å². The predicted octanol–water partition coefficient (Wildman–Crippen LogP) is 1.84. The van der Waals surface area contributed by atoms with E-state index in [1.54, 1.807) is 0 Å². The number of hydrogen-bond donors (Lipinski definition) is 5. The van der Waals surface area contributed by atoms with Crippen molar-refractivity contribution in [3.8, 4) is 5.75 Å². The highest BCUT2D eigenvalue weighted by molar-refractivity contribution is 5.93. The van der Waals surface area contributed by atoms with E-state index in [4.69, 9.17) is 4.74 Å². The normalized spacial score (nSPS) is 15.0. The van der Waals surface area contributed by atoms with Crippen molar-refractivity contribution in [3.05, 3.63) is 65.2 Å². The summed E-state index contributed by atoms with van der Waals surface area (Å²) in [7, 11) is 0. The van der Waals surface area contributed by atoms with Crippen LogP contribution in [0.3, 0.4) is 0 Å². The monoisotopic (exact) mass is 538 g/mol. The summed E-state index contributed by atoms with van der Waals surface area (Å²) in [6.07, 6.45) is 2.23. The molecule has 3 amide bonds. The second-order valence-corrected chi connectivity index (χ2v) is 9.81. The number of carbonyl (C=O) groups is 4. The van der Waals surface area contributed by atoms with E-state index in [1.807, 2.05) is 55.5 Å². The number of aliphatic carboxylic acids is 1. The number of carbonyl (C=O) groups excluding carboxylic acids is 3. The van der Waals surface area contributed by atoms with Crippen LogP contribution in [0, 0.1) is 6.92 Å². The molecule has 1 aliphatic rings. The number of rotatable bonds is 13. The Kier molecular flexibility index (Phi) is 11.3. The van der Waals surface area contributed by atoms with E-state index >= 15 is 0 Å². The topological polar surface area (TPSA) is 146 Å². The molecule has 2 aromatic rings. The van der Waals surface area contributed by atoms with E-state index in [0.29, 0.717) is 12.8 Å². The fourth-order valence-electron chi connectivity index (χ4n) is 4.45. The lowest BCUT2D eigenvalue weighted by atomic mass is 10.0. The van der Waals surface area contributed by atoms with Gasteiger partial charge >= 0.3 is 5.97 Å². The molecule has 210 valence electrons. The van der Waals surface area contributed by atoms with Gasteiger partial charge in [-0.05, 0) is 74.5 Å². The van der Waals surface area contributed by atoms with Crippen LogP contribution in [-0.2, 0) is 32.1 Å². The van der Waals surface area contributed by atoms with E-state index in [1.165, 1.54) is 6.92 Å². The molecule has 10 heteroatoms. The summed E-state index contributed by atoms with van der Waals surface area (Å²) < 4.78 is 6.14. The number of carboxylic acids is 1. The quantitative estimate of drug-likeness (QED) is 0.262. The van der Waals surface area contributed by atoms with E-state index < -0.39 is 42.2 Å². The Morgan fingerprint density at radius 2 is 1.72 bits per heavy atom. The molecule has 2 aromatic carbocycles. The van der Waals surface area contributed by atoms with Gasteiger partial charge in [-0.1, -0.05) is 36.4 Å². The zero-order valence-electron chi connectivity index (χ0n) is 22.5. The van der Waals surface area contributed by atoms with Gasteiger partial charge in [0.05, 0.1) is 6.42 Å². The first-order valence-corrected chi connectivity index (χ1v) is 13.3. The molecule has 0 saturated carbocycles. The van der Waals surface area contributed by atoms with Crippen molar-refractivity contribution in [1.29, 1.82) is 0 Å². The molecule has 2 atom stereocenters. The Hall–Kier alpha value is -3.92. The molecule has 10 nitrogen and oxygen atoms in total. The van der Waals surface area contributed by atoms with Gasteiger partial charge in [-0.25, -0.2) is 0 Å². The summed E-state index contributed by atoms with van der Waals surface area (Å²) in [5.41, 5.74) is 2.88. The Balaban J connectivity index is 1.69. The van der Waals surface area contributed by atoms with Gasteiger partial charge in [0, 0.05) is 13.5 Å². The average Bonchev–Trinajstić information content (AvgIpc) is 2.91. The minimum absolute atomic E-state index is 0.149. The molecule has 0 bridgehead atoms. The summed E-state index contributed by atoms with van der Waals surface area (Å²) in [6.45, 7) is 5.23. The number of nitrogens with one attached hydrogen (secondary N) is 4. The molecule has 3 rings (SSSR count). The minimum Gasteiger partial charge on any atom is -0.490 e. The van der Waals surface area contributed by atoms with Crippen LogP contribution in [0.5, 0.6) is 5.75 Å². The molecular weight excluding hydrogens is 500 g/mol. The van der Waals surface area contributed by atoms with Gasteiger partial charge in [-0.2, -0.15) is 0 Å². The molecule has 0 spiro atoms. The van der Waals surface area contributed by atoms with E-state index in [9.17, 15) is 24.3 Å². The summed E-state index contributed by atoms with van der Waals surface area (Å²) in [5, 5.41) is 20.4. The van der Waals surface area contributed by atoms with Gasteiger partial charge in [-0.15, -0.1) is 0 Å². The zero-order valence-corrected chi connectivity index (χ0v) is 22.5. The summed E-state index contributed by atoms with van der Waals surface area (Å²) in [4.78, 5) is 49.0. The molecule has 1 fully saturated rings. The molecule has 0 aromatic heterocycles. The molecule has 0 radical (unpaired) electrons. The lowest BCUT2D eigenvalue weighted by Crippen LogP contribution is -2.54. The first-order chi connectivity index (χ1) is 18.7. The summed E-state index contributed by atoms with van der Waals surface area (Å²) in [6, 6.07) is 13.1. The van der Waals surface area contributed by atoms with Crippen molar-refractivity contribution in [2.45, 2.75) is 70.7 Å². The number of carboxylic acid groups (broad SMARTS) is 1. The van der Waals surface area contributed by atoms with Crippen LogP contribution in [0.15, 0.2) is 48.5 Å². The van der Waals surface area contributed by atoms with Crippen molar-refractivity contribution in [3.63, 3.8) is 0 Å². The third-order valence-corrected chi connectivity index (χ3v) is 6.63. The smallest absolute Gasteiger partial charge is 0.305 e. The van der Waals surface area contributed by atoms with Crippen LogP contribution in [0.25, 0.3) is 0 Å². The Morgan fingerprint density at radius 3 is 2.38 bits per heavy atom. The van der Waals surface area contributed by atoms with Crippen LogP contribution < -0.4 is 26.0 Å². The van der Waals surface area contributed by atoms with Crippen molar-refractivity contribution in [2.75, 3.05) is 13.1 Å². The van der Waals surface area contributed by atoms with E-state index in [-0.39, 0.29) is 12.6 Å². The second kappa shape index (κ2) is 14.9. The molecule has 1 saturated heterocycles. The number of hydrogen-bond acceptors (Lipinski definition) is 6. The first-order valence-electron chi connectivity index (χ1n) is 13.3. The predicted molar refractivity (Wildman–Crippen MR) is 146 cm³/mol. The number of aryl methyl sites for hydroxylation is 2. The number of piperidine rings is 1. The molecule has 0 unspecified atom stereocenters. The summed E-state index contributed by atoms with van der Waals surface area (Å²) >= 11 is 0. The third kappa shape index (κ3) is 10.0. The molecule has 39 heavy (non-hydrogen) atoms. The highest BCUT2D eigenvalue weighted by Gasteiger charge is 2.28. The highest BCUT2D eigenvalue weighted by atomic mass is 16.5. The molecular formula is C29H38N4O6. The maximum absolute atomic E-state index is 13.3. The number of ether oxygens (including phenoxy) is 1. The van der Waals surface area contributed by atoms with Crippen LogP contribution in [0.2, 0.25) is 0 Å². The Labute approximate surface area is 228 Å². The SMILES string of the molecule is CC(=O)N[C@@H](CC(=O)O)C(=O)N[C@@H](CCc1ccccc1)C(=O)NCc1cc(OC2CCNCC2)ccc1C. The van der Waals surface area contributed by atoms with Crippen LogP contribution in [0.1, 0.15) is 49.3 Å². The lowest BCUT2D eigenvalue weighted by molar-refractivity contribution is -0.140. The molecule has 0 aliphatic carbocycles. The zero-order chi connectivity index (χ0) is 28.2. The lowest BCUT2D eigenvalue weighted by Gasteiger charge is -2.24. The standard InChI is InChI=1S/C29H38N4O6/c1-19-8-10-24(39-23-12-14-30-15-13-23)16-22(19)18-31-28(37)25(11-9-21-6-4-3-5-7-21)33-29(38)26(17-27(35)36)32-20(2)34/h3-8,10,16,23,25-26,30H,9,11-15,17-18H2,1-2H3,(H,31,37)(H,32,34)(H,33,38)(H,35,36)/t25-,26-/m0/s1. The van der Waals surface area contributed by atoms with Crippen molar-refractivity contribution < 1.29 is 29.0 Å². The van der Waals surface area contributed by atoms with Crippen LogP contribution in [0.4, 0.5) is 0 Å². The largest absolute Gasteiger partial charge is 0.490 e.